The zero-order valence-corrected chi connectivity index (χ0v) is 12.2. The van der Waals surface area contributed by atoms with Crippen molar-refractivity contribution in [2.24, 2.45) is 5.92 Å². The van der Waals surface area contributed by atoms with Crippen LogP contribution in [-0.4, -0.2) is 6.54 Å². The summed E-state index contributed by atoms with van der Waals surface area (Å²) in [7, 11) is 0. The van der Waals surface area contributed by atoms with E-state index in [0.717, 1.165) is 12.2 Å². The summed E-state index contributed by atoms with van der Waals surface area (Å²) in [6.07, 6.45) is 8.96. The van der Waals surface area contributed by atoms with Crippen LogP contribution in [0.25, 0.3) is 0 Å². The van der Waals surface area contributed by atoms with Crippen molar-refractivity contribution in [2.45, 2.75) is 41.0 Å². The van der Waals surface area contributed by atoms with Gasteiger partial charge in [-0.15, -0.1) is 0 Å². The zero-order chi connectivity index (χ0) is 13.7. The Kier molecular flexibility index (Phi) is 13.7. The summed E-state index contributed by atoms with van der Waals surface area (Å²) in [6.45, 7) is 18.9. The summed E-state index contributed by atoms with van der Waals surface area (Å²) in [5, 5.41) is 3.29. The Hall–Kier alpha value is -1.24. The van der Waals surface area contributed by atoms with Gasteiger partial charge in [0.15, 0.2) is 0 Å². The van der Waals surface area contributed by atoms with Gasteiger partial charge in [0.2, 0.25) is 0 Å². The summed E-state index contributed by atoms with van der Waals surface area (Å²) in [6, 6.07) is 0. The van der Waals surface area contributed by atoms with Crippen LogP contribution < -0.4 is 5.32 Å². The smallest absolute Gasteiger partial charge is 0.0370 e. The van der Waals surface area contributed by atoms with Gasteiger partial charge in [0.05, 0.1) is 0 Å². The van der Waals surface area contributed by atoms with Crippen LogP contribution >= 0.6 is 0 Å². The number of allylic oxidation sites excluding steroid dienone is 4. The highest BCUT2D eigenvalue weighted by Crippen LogP contribution is 2.21. The molecular weight excluding hydrogens is 206 g/mol. The first-order chi connectivity index (χ1) is 8.21. The summed E-state index contributed by atoms with van der Waals surface area (Å²) >= 11 is 0. The minimum Gasteiger partial charge on any atom is -0.384 e. The molecule has 98 valence electrons. The van der Waals surface area contributed by atoms with E-state index in [0.29, 0.717) is 5.92 Å². The molecule has 0 amide bonds. The van der Waals surface area contributed by atoms with E-state index >= 15 is 0 Å². The molecular formula is C16H29N. The van der Waals surface area contributed by atoms with Gasteiger partial charge < -0.3 is 5.32 Å². The summed E-state index contributed by atoms with van der Waals surface area (Å²) in [5.41, 5.74) is 2.48. The van der Waals surface area contributed by atoms with Crippen molar-refractivity contribution in [3.63, 3.8) is 0 Å². The van der Waals surface area contributed by atoms with E-state index in [1.165, 1.54) is 12.0 Å². The monoisotopic (exact) mass is 235 g/mol. The van der Waals surface area contributed by atoms with Crippen LogP contribution in [0.15, 0.2) is 48.7 Å². The first kappa shape index (κ1) is 18.1. The Bertz CT molecular complexity index is 259. The van der Waals surface area contributed by atoms with Crippen molar-refractivity contribution in [2.75, 3.05) is 6.54 Å². The minimum atomic E-state index is 0.578. The van der Waals surface area contributed by atoms with Gasteiger partial charge in [0.25, 0.3) is 0 Å². The van der Waals surface area contributed by atoms with E-state index < -0.39 is 0 Å². The molecule has 0 aromatic heterocycles. The van der Waals surface area contributed by atoms with Crippen LogP contribution in [0, 0.1) is 5.92 Å². The van der Waals surface area contributed by atoms with E-state index in [-0.39, 0.29) is 0 Å². The predicted molar refractivity (Wildman–Crippen MR) is 81.0 cm³/mol. The molecule has 1 rings (SSSR count). The zero-order valence-electron chi connectivity index (χ0n) is 12.2. The second kappa shape index (κ2) is 12.8. The lowest BCUT2D eigenvalue weighted by Crippen LogP contribution is -2.08. The largest absolute Gasteiger partial charge is 0.384 e. The fourth-order valence-electron chi connectivity index (χ4n) is 1.36. The molecule has 17 heavy (non-hydrogen) atoms. The Morgan fingerprint density at radius 1 is 1.29 bits per heavy atom. The molecule has 0 radical (unpaired) electrons. The van der Waals surface area contributed by atoms with E-state index in [2.05, 4.69) is 45.3 Å². The second-order valence-electron chi connectivity index (χ2n) is 3.66. The van der Waals surface area contributed by atoms with Crippen LogP contribution in [0.4, 0.5) is 0 Å². The molecule has 0 saturated heterocycles. The van der Waals surface area contributed by atoms with Crippen LogP contribution in [0.2, 0.25) is 0 Å². The third kappa shape index (κ3) is 7.62. The molecule has 1 unspecified atom stereocenters. The van der Waals surface area contributed by atoms with Crippen LogP contribution in [-0.2, 0) is 0 Å². The first-order valence-electron chi connectivity index (χ1n) is 6.60. The van der Waals surface area contributed by atoms with Gasteiger partial charge in [0.1, 0.15) is 0 Å². The van der Waals surface area contributed by atoms with Gasteiger partial charge in [-0.3, -0.25) is 0 Å². The Balaban J connectivity index is 0. The van der Waals surface area contributed by atoms with Gasteiger partial charge in [-0.25, -0.2) is 0 Å². The highest BCUT2D eigenvalue weighted by molar-refractivity contribution is 5.37. The van der Waals surface area contributed by atoms with Crippen molar-refractivity contribution >= 4 is 0 Å². The highest BCUT2D eigenvalue weighted by Gasteiger charge is 2.16. The Labute approximate surface area is 108 Å². The van der Waals surface area contributed by atoms with Gasteiger partial charge in [-0.2, -0.15) is 0 Å². The molecule has 1 atom stereocenters. The highest BCUT2D eigenvalue weighted by atomic mass is 14.9. The summed E-state index contributed by atoms with van der Waals surface area (Å²) < 4.78 is 0. The third-order valence-corrected chi connectivity index (χ3v) is 2.06. The number of hydrogen-bond donors (Lipinski definition) is 1. The lowest BCUT2D eigenvalue weighted by Gasteiger charge is -2.00. The lowest BCUT2D eigenvalue weighted by atomic mass is 10.0. The predicted octanol–water partition coefficient (Wildman–Crippen LogP) is 4.85. The average Bonchev–Trinajstić information content (AvgIpc) is 2.71. The molecule has 0 bridgehead atoms. The number of nitrogens with one attached hydrogen (secondary N) is 1. The van der Waals surface area contributed by atoms with Crippen LogP contribution in [0.5, 0.6) is 0 Å². The van der Waals surface area contributed by atoms with E-state index in [1.54, 1.807) is 6.08 Å². The maximum absolute atomic E-state index is 3.76. The summed E-state index contributed by atoms with van der Waals surface area (Å²) in [5.74, 6) is 0.578. The van der Waals surface area contributed by atoms with E-state index in [9.17, 15) is 0 Å². The molecule has 1 N–H and O–H groups in total. The number of hydrogen-bond acceptors (Lipinski definition) is 1. The topological polar surface area (TPSA) is 12.0 Å². The van der Waals surface area contributed by atoms with Crippen molar-refractivity contribution in [3.05, 3.63) is 48.7 Å². The molecule has 1 heterocycles. The molecule has 1 nitrogen and oxygen atoms in total. The molecule has 0 aliphatic carbocycles. The van der Waals surface area contributed by atoms with Gasteiger partial charge in [-0.1, -0.05) is 72.4 Å². The fourth-order valence-corrected chi connectivity index (χ4v) is 1.36. The van der Waals surface area contributed by atoms with Crippen LogP contribution in [0.1, 0.15) is 41.0 Å². The van der Waals surface area contributed by atoms with Gasteiger partial charge in [-0.05, 0) is 11.6 Å². The van der Waals surface area contributed by atoms with E-state index in [4.69, 9.17) is 0 Å². The standard InChI is InChI=1S/C11H15N.C3H8.C2H6/c1-4-6-7-10-9(3)8-12-11(10)5-2;1-3-2;1-2/h4-7,9,12H,1-2,8H2,3H3;3H2,1-2H3;1-2H3/b7-6-;;. The summed E-state index contributed by atoms with van der Waals surface area (Å²) in [4.78, 5) is 0. The molecule has 0 aromatic carbocycles. The van der Waals surface area contributed by atoms with Crippen molar-refractivity contribution in [1.29, 1.82) is 0 Å². The van der Waals surface area contributed by atoms with Crippen molar-refractivity contribution < 1.29 is 0 Å². The molecule has 0 aromatic rings. The SMILES string of the molecule is C=C/C=C\C1=C(C=C)NCC1C.CC.CCC. The maximum atomic E-state index is 3.76. The van der Waals surface area contributed by atoms with Crippen molar-refractivity contribution in [1.82, 2.24) is 5.32 Å². The average molecular weight is 235 g/mol. The van der Waals surface area contributed by atoms with Crippen molar-refractivity contribution in [3.8, 4) is 0 Å². The molecule has 1 heteroatoms. The molecule has 0 fully saturated rings. The normalized spacial score (nSPS) is 17.6. The third-order valence-electron chi connectivity index (χ3n) is 2.06. The van der Waals surface area contributed by atoms with E-state index in [1.807, 2.05) is 26.0 Å². The molecule has 1 aliphatic rings. The molecule has 0 saturated carbocycles. The van der Waals surface area contributed by atoms with Crippen LogP contribution in [0.3, 0.4) is 0 Å². The fraction of sp³-hybridized carbons (Fsp3) is 0.500. The maximum Gasteiger partial charge on any atom is 0.0370 e. The first-order valence-corrected chi connectivity index (χ1v) is 6.60. The second-order valence-corrected chi connectivity index (χ2v) is 3.66. The van der Waals surface area contributed by atoms with Gasteiger partial charge >= 0.3 is 0 Å². The molecule has 1 aliphatic heterocycles. The molecule has 0 spiro atoms. The Morgan fingerprint density at radius 3 is 2.24 bits per heavy atom. The Morgan fingerprint density at radius 2 is 1.82 bits per heavy atom. The lowest BCUT2D eigenvalue weighted by molar-refractivity contribution is 0.703. The quantitative estimate of drug-likeness (QED) is 0.689. The number of rotatable bonds is 3. The minimum absolute atomic E-state index is 0.578. The van der Waals surface area contributed by atoms with Gasteiger partial charge in [0, 0.05) is 18.2 Å².